The fourth-order valence-corrected chi connectivity index (χ4v) is 1.34. The van der Waals surface area contributed by atoms with Crippen LogP contribution in [0.15, 0.2) is 6.07 Å². The Hall–Kier alpha value is -1.61. The van der Waals surface area contributed by atoms with Crippen molar-refractivity contribution in [2.24, 2.45) is 11.8 Å². The van der Waals surface area contributed by atoms with Crippen molar-refractivity contribution >= 4 is 11.8 Å². The predicted molar refractivity (Wildman–Crippen MR) is 64.2 cm³/mol. The second-order valence-electron chi connectivity index (χ2n) is 4.28. The van der Waals surface area contributed by atoms with Gasteiger partial charge in [-0.3, -0.25) is 5.43 Å². The Balaban J connectivity index is 3.07. The van der Waals surface area contributed by atoms with Gasteiger partial charge in [-0.05, 0) is 5.92 Å². The molecule has 1 aromatic heterocycles. The molecule has 1 aromatic rings. The van der Waals surface area contributed by atoms with E-state index in [0.29, 0.717) is 0 Å². The number of aromatic nitrogens is 2. The zero-order valence-corrected chi connectivity index (χ0v) is 10.5. The van der Waals surface area contributed by atoms with E-state index in [4.69, 9.17) is 10.9 Å². The molecule has 0 saturated carbocycles. The summed E-state index contributed by atoms with van der Waals surface area (Å²) in [7, 11) is 0. The van der Waals surface area contributed by atoms with E-state index in [0.717, 1.165) is 6.07 Å². The van der Waals surface area contributed by atoms with E-state index in [9.17, 15) is 13.2 Å². The maximum atomic E-state index is 12.6. The quantitative estimate of drug-likeness (QED) is 0.478. The van der Waals surface area contributed by atoms with Gasteiger partial charge in [0.15, 0.2) is 5.69 Å². The number of rotatable bonds is 5. The van der Waals surface area contributed by atoms with Crippen LogP contribution in [0.2, 0.25) is 0 Å². The highest BCUT2D eigenvalue weighted by atomic mass is 19.4. The Kier molecular flexibility index (Phi) is 4.90. The fraction of sp³-hybridized carbons (Fsp3) is 0.600. The Labute approximate surface area is 108 Å². The third kappa shape index (κ3) is 4.21. The number of hydrazine groups is 1. The molecule has 0 aliphatic carbocycles. The van der Waals surface area contributed by atoms with Gasteiger partial charge in [-0.1, -0.05) is 13.8 Å². The summed E-state index contributed by atoms with van der Waals surface area (Å²) < 4.78 is 37.9. The number of hydrogen-bond donors (Lipinski definition) is 4. The third-order valence-electron chi connectivity index (χ3n) is 2.48. The van der Waals surface area contributed by atoms with Gasteiger partial charge < -0.3 is 10.4 Å². The second kappa shape index (κ2) is 6.02. The van der Waals surface area contributed by atoms with Crippen molar-refractivity contribution in [1.82, 2.24) is 9.97 Å². The minimum Gasteiger partial charge on any atom is -0.394 e. The monoisotopic (exact) mass is 279 g/mol. The molecule has 19 heavy (non-hydrogen) atoms. The predicted octanol–water partition coefficient (Wildman–Crippen LogP) is 1.21. The highest BCUT2D eigenvalue weighted by Crippen LogP contribution is 2.29. The molecule has 5 N–H and O–H groups in total. The number of halogens is 3. The number of hydrogen-bond acceptors (Lipinski definition) is 6. The van der Waals surface area contributed by atoms with Gasteiger partial charge in [-0.2, -0.15) is 18.2 Å². The second-order valence-corrected chi connectivity index (χ2v) is 4.28. The fourth-order valence-electron chi connectivity index (χ4n) is 1.34. The van der Waals surface area contributed by atoms with Crippen molar-refractivity contribution in [3.05, 3.63) is 11.8 Å². The summed E-state index contributed by atoms with van der Waals surface area (Å²) in [6.07, 6.45) is -4.60. The minimum atomic E-state index is -4.60. The normalized spacial score (nSPS) is 13.5. The molecule has 0 aliphatic rings. The summed E-state index contributed by atoms with van der Waals surface area (Å²) in [6.45, 7) is 3.41. The topological polar surface area (TPSA) is 96.1 Å². The molecule has 108 valence electrons. The molecule has 1 atom stereocenters. The molecule has 0 aromatic carbocycles. The van der Waals surface area contributed by atoms with E-state index >= 15 is 0 Å². The molecule has 1 rings (SSSR count). The number of nitrogens with two attached hydrogens (primary N) is 1. The van der Waals surface area contributed by atoms with Crippen molar-refractivity contribution in [3.8, 4) is 0 Å². The lowest BCUT2D eigenvalue weighted by molar-refractivity contribution is -0.141. The number of nitrogen functional groups attached to an aromatic ring is 1. The van der Waals surface area contributed by atoms with Gasteiger partial charge in [0.1, 0.15) is 5.82 Å². The summed E-state index contributed by atoms with van der Waals surface area (Å²) in [6, 6.07) is 0.355. The molecule has 0 fully saturated rings. The Morgan fingerprint density at radius 3 is 2.42 bits per heavy atom. The molecule has 0 spiro atoms. The highest BCUT2D eigenvalue weighted by Gasteiger charge is 2.34. The molecular weight excluding hydrogens is 263 g/mol. The van der Waals surface area contributed by atoms with E-state index in [1.165, 1.54) is 0 Å². The van der Waals surface area contributed by atoms with E-state index in [2.05, 4.69) is 15.3 Å². The maximum Gasteiger partial charge on any atom is 0.433 e. The van der Waals surface area contributed by atoms with Crippen molar-refractivity contribution in [3.63, 3.8) is 0 Å². The van der Waals surface area contributed by atoms with Crippen LogP contribution in [0.5, 0.6) is 0 Å². The van der Waals surface area contributed by atoms with Crippen LogP contribution in [-0.2, 0) is 6.18 Å². The zero-order valence-electron chi connectivity index (χ0n) is 10.5. The maximum absolute atomic E-state index is 12.6. The molecule has 1 heterocycles. The van der Waals surface area contributed by atoms with Crippen LogP contribution in [0.3, 0.4) is 0 Å². The number of aliphatic hydroxyl groups is 1. The largest absolute Gasteiger partial charge is 0.433 e. The van der Waals surface area contributed by atoms with Crippen molar-refractivity contribution in [1.29, 1.82) is 0 Å². The Morgan fingerprint density at radius 1 is 1.37 bits per heavy atom. The van der Waals surface area contributed by atoms with Crippen LogP contribution in [-0.4, -0.2) is 27.7 Å². The Morgan fingerprint density at radius 2 is 2.00 bits per heavy atom. The molecule has 0 bridgehead atoms. The van der Waals surface area contributed by atoms with Crippen LogP contribution in [0.1, 0.15) is 19.5 Å². The zero-order chi connectivity index (χ0) is 14.6. The van der Waals surface area contributed by atoms with Crippen LogP contribution < -0.4 is 16.6 Å². The van der Waals surface area contributed by atoms with E-state index in [1.807, 2.05) is 19.3 Å². The summed E-state index contributed by atoms with van der Waals surface area (Å²) in [5, 5.41) is 11.9. The molecule has 6 nitrogen and oxygen atoms in total. The molecule has 9 heteroatoms. The summed E-state index contributed by atoms with van der Waals surface area (Å²) in [4.78, 5) is 6.99. The first-order valence-corrected chi connectivity index (χ1v) is 5.58. The van der Waals surface area contributed by atoms with Crippen molar-refractivity contribution < 1.29 is 18.3 Å². The lowest BCUT2D eigenvalue weighted by Gasteiger charge is -2.21. The lowest BCUT2D eigenvalue weighted by Crippen LogP contribution is -2.30. The molecular formula is C10H16F3N5O. The molecule has 0 unspecified atom stereocenters. The average Bonchev–Trinajstić information content (AvgIpc) is 2.34. The van der Waals surface area contributed by atoms with Gasteiger partial charge in [-0.15, -0.1) is 0 Å². The first-order chi connectivity index (χ1) is 8.77. The van der Waals surface area contributed by atoms with Crippen LogP contribution in [0.25, 0.3) is 0 Å². The first kappa shape index (κ1) is 15.4. The van der Waals surface area contributed by atoms with Gasteiger partial charge in [0.2, 0.25) is 5.95 Å². The molecule has 0 aliphatic heterocycles. The van der Waals surface area contributed by atoms with Gasteiger partial charge in [0.25, 0.3) is 0 Å². The molecule has 0 radical (unpaired) electrons. The van der Waals surface area contributed by atoms with Crippen molar-refractivity contribution in [2.75, 3.05) is 17.3 Å². The number of alkyl halides is 3. The SMILES string of the molecule is CC(C)[C@@H](CO)Nc1cc(C(F)(F)F)nc(NN)n1. The number of anilines is 2. The van der Waals surface area contributed by atoms with Gasteiger partial charge >= 0.3 is 6.18 Å². The van der Waals surface area contributed by atoms with Crippen LogP contribution >= 0.6 is 0 Å². The summed E-state index contributed by atoms with van der Waals surface area (Å²) >= 11 is 0. The summed E-state index contributed by atoms with van der Waals surface area (Å²) in [5.41, 5.74) is 0.863. The van der Waals surface area contributed by atoms with E-state index < -0.39 is 17.9 Å². The number of nitrogens with one attached hydrogen (secondary N) is 2. The number of aliphatic hydroxyl groups excluding tert-OH is 1. The van der Waals surface area contributed by atoms with E-state index in [-0.39, 0.29) is 24.3 Å². The summed E-state index contributed by atoms with van der Waals surface area (Å²) in [5.74, 6) is 4.65. The van der Waals surface area contributed by atoms with E-state index in [1.54, 1.807) is 0 Å². The average molecular weight is 279 g/mol. The van der Waals surface area contributed by atoms with Gasteiger partial charge in [0.05, 0.1) is 12.6 Å². The minimum absolute atomic E-state index is 0.0172. The van der Waals surface area contributed by atoms with Crippen LogP contribution in [0.4, 0.5) is 24.9 Å². The highest BCUT2D eigenvalue weighted by molar-refractivity contribution is 5.43. The molecule has 0 saturated heterocycles. The smallest absolute Gasteiger partial charge is 0.394 e. The standard InChI is InChI=1S/C10H16F3N5O/c1-5(2)6(4-19)15-8-3-7(10(11,12)13)16-9(17-8)18-14/h3,5-6,19H,4,14H2,1-2H3,(H2,15,16,17,18)/t6-/m1/s1. The lowest BCUT2D eigenvalue weighted by atomic mass is 10.1. The van der Waals surface area contributed by atoms with Gasteiger partial charge in [-0.25, -0.2) is 10.8 Å². The first-order valence-electron chi connectivity index (χ1n) is 5.58. The Bertz CT molecular complexity index is 424. The van der Waals surface area contributed by atoms with Gasteiger partial charge in [0, 0.05) is 6.07 Å². The van der Waals surface area contributed by atoms with Crippen molar-refractivity contribution in [2.45, 2.75) is 26.1 Å². The third-order valence-corrected chi connectivity index (χ3v) is 2.48. The molecule has 0 amide bonds. The van der Waals surface area contributed by atoms with Crippen LogP contribution in [0, 0.1) is 5.92 Å². The number of nitrogens with zero attached hydrogens (tertiary/aromatic N) is 2.